The topological polar surface area (TPSA) is 88.1 Å². The fourth-order valence-electron chi connectivity index (χ4n) is 2.58. The molecule has 1 unspecified atom stereocenters. The minimum atomic E-state index is 0.0360. The Kier molecular flexibility index (Phi) is 6.90. The first kappa shape index (κ1) is 18.6. The number of alkyl halides is 1. The van der Waals surface area contributed by atoms with Crippen LogP contribution in [0.3, 0.4) is 0 Å². The van der Waals surface area contributed by atoms with Crippen LogP contribution in [-0.2, 0) is 6.54 Å². The fraction of sp³-hybridized carbons (Fsp3) is 0.688. The first-order valence-electron chi connectivity index (χ1n) is 8.41. The van der Waals surface area contributed by atoms with Gasteiger partial charge in [-0.2, -0.15) is 15.0 Å². The average molecular weight is 356 g/mol. The van der Waals surface area contributed by atoms with E-state index in [4.69, 9.17) is 26.8 Å². The SMILES string of the molecule is CCCC(C)Oc1nc(N)c2nc(OC)n(CCCCCCl)c2n1. The largest absolute Gasteiger partial charge is 0.468 e. The minimum absolute atomic E-state index is 0.0360. The number of unbranched alkanes of at least 4 members (excludes halogenated alkanes) is 2. The molecule has 8 heteroatoms. The van der Waals surface area contributed by atoms with E-state index in [0.717, 1.165) is 38.6 Å². The molecule has 0 aliphatic rings. The first-order chi connectivity index (χ1) is 11.6. The van der Waals surface area contributed by atoms with Gasteiger partial charge in [0, 0.05) is 12.4 Å². The molecular weight excluding hydrogens is 330 g/mol. The molecule has 0 radical (unpaired) electrons. The Hall–Kier alpha value is -1.76. The molecule has 0 aliphatic carbocycles. The van der Waals surface area contributed by atoms with Gasteiger partial charge in [0.05, 0.1) is 13.2 Å². The maximum atomic E-state index is 6.04. The molecule has 0 saturated heterocycles. The number of aromatic nitrogens is 4. The van der Waals surface area contributed by atoms with Gasteiger partial charge in [0.15, 0.2) is 17.0 Å². The summed E-state index contributed by atoms with van der Waals surface area (Å²) in [6, 6.07) is 0.765. The predicted molar refractivity (Wildman–Crippen MR) is 95.9 cm³/mol. The number of rotatable bonds is 10. The van der Waals surface area contributed by atoms with Crippen molar-refractivity contribution in [1.82, 2.24) is 19.5 Å². The fourth-order valence-corrected chi connectivity index (χ4v) is 2.77. The molecular formula is C16H26ClN5O2. The second-order valence-electron chi connectivity index (χ2n) is 5.78. The zero-order valence-electron chi connectivity index (χ0n) is 14.6. The lowest BCUT2D eigenvalue weighted by atomic mass is 10.2. The molecule has 2 rings (SSSR count). The number of hydrogen-bond acceptors (Lipinski definition) is 6. The van der Waals surface area contributed by atoms with E-state index >= 15 is 0 Å². The van der Waals surface area contributed by atoms with Gasteiger partial charge in [-0.1, -0.05) is 19.8 Å². The van der Waals surface area contributed by atoms with Crippen LogP contribution in [0.4, 0.5) is 5.82 Å². The van der Waals surface area contributed by atoms with E-state index in [1.165, 1.54) is 0 Å². The lowest BCUT2D eigenvalue weighted by Crippen LogP contribution is -2.14. The Morgan fingerprint density at radius 2 is 2.00 bits per heavy atom. The van der Waals surface area contributed by atoms with Crippen LogP contribution in [0.15, 0.2) is 0 Å². The van der Waals surface area contributed by atoms with Crippen molar-refractivity contribution in [2.24, 2.45) is 0 Å². The van der Waals surface area contributed by atoms with E-state index in [2.05, 4.69) is 21.9 Å². The number of nitrogens with two attached hydrogens (primary N) is 1. The number of fused-ring (bicyclic) bond motifs is 1. The summed E-state index contributed by atoms with van der Waals surface area (Å²) in [4.78, 5) is 13.1. The number of halogens is 1. The van der Waals surface area contributed by atoms with Crippen molar-refractivity contribution in [3.8, 4) is 12.0 Å². The second kappa shape index (κ2) is 8.92. The zero-order chi connectivity index (χ0) is 17.5. The molecule has 134 valence electrons. The maximum absolute atomic E-state index is 6.04. The number of ether oxygens (including phenoxy) is 2. The number of anilines is 1. The summed E-state index contributed by atoms with van der Waals surface area (Å²) >= 11 is 5.73. The molecule has 2 N–H and O–H groups in total. The Labute approximate surface area is 147 Å². The molecule has 2 heterocycles. The smallest absolute Gasteiger partial charge is 0.320 e. The normalized spacial score (nSPS) is 12.5. The highest BCUT2D eigenvalue weighted by Gasteiger charge is 2.18. The zero-order valence-corrected chi connectivity index (χ0v) is 15.3. The van der Waals surface area contributed by atoms with E-state index in [1.807, 2.05) is 11.5 Å². The van der Waals surface area contributed by atoms with Crippen LogP contribution >= 0.6 is 11.6 Å². The molecule has 0 aliphatic heterocycles. The first-order valence-corrected chi connectivity index (χ1v) is 8.94. The quantitative estimate of drug-likeness (QED) is 0.519. The molecule has 7 nitrogen and oxygen atoms in total. The van der Waals surface area contributed by atoms with E-state index in [0.29, 0.717) is 28.9 Å². The van der Waals surface area contributed by atoms with E-state index in [1.54, 1.807) is 7.11 Å². The highest BCUT2D eigenvalue weighted by Crippen LogP contribution is 2.26. The van der Waals surface area contributed by atoms with Crippen molar-refractivity contribution >= 4 is 28.6 Å². The standard InChI is InChI=1S/C16H26ClN5O2/c1-4-8-11(2)24-15-20-13(18)12-14(21-15)22(16(19-12)23-3)10-7-5-6-9-17/h11H,4-10H2,1-3H3,(H2,18,20,21). The molecule has 0 spiro atoms. The molecule has 0 saturated carbocycles. The summed E-state index contributed by atoms with van der Waals surface area (Å²) in [6.45, 7) is 4.84. The highest BCUT2D eigenvalue weighted by atomic mass is 35.5. The molecule has 0 fully saturated rings. The van der Waals surface area contributed by atoms with Crippen molar-refractivity contribution < 1.29 is 9.47 Å². The average Bonchev–Trinajstić information content (AvgIpc) is 2.90. The van der Waals surface area contributed by atoms with Crippen molar-refractivity contribution in [2.75, 3.05) is 18.7 Å². The van der Waals surface area contributed by atoms with Gasteiger partial charge in [-0.15, -0.1) is 11.6 Å². The van der Waals surface area contributed by atoms with Crippen molar-refractivity contribution in [3.05, 3.63) is 0 Å². The lowest BCUT2D eigenvalue weighted by Gasteiger charge is -2.12. The number of nitrogens with zero attached hydrogens (tertiary/aromatic N) is 4. The summed E-state index contributed by atoms with van der Waals surface area (Å²) in [6.07, 6.45) is 4.98. The molecule has 0 amide bonds. The summed E-state index contributed by atoms with van der Waals surface area (Å²) in [5.74, 6) is 0.973. The van der Waals surface area contributed by atoms with Crippen LogP contribution in [0.1, 0.15) is 46.0 Å². The molecule has 0 bridgehead atoms. The third-order valence-electron chi connectivity index (χ3n) is 3.77. The van der Waals surface area contributed by atoms with Crippen molar-refractivity contribution in [1.29, 1.82) is 0 Å². The molecule has 1 atom stereocenters. The van der Waals surface area contributed by atoms with Gasteiger partial charge >= 0.3 is 6.01 Å². The number of nitrogen functional groups attached to an aromatic ring is 1. The number of hydrogen-bond donors (Lipinski definition) is 1. The summed E-state index contributed by atoms with van der Waals surface area (Å²) in [7, 11) is 1.58. The molecule has 24 heavy (non-hydrogen) atoms. The van der Waals surface area contributed by atoms with E-state index < -0.39 is 0 Å². The number of aryl methyl sites for hydroxylation is 1. The molecule has 2 aromatic heterocycles. The van der Waals surface area contributed by atoms with Crippen molar-refractivity contribution in [3.63, 3.8) is 0 Å². The lowest BCUT2D eigenvalue weighted by molar-refractivity contribution is 0.193. The van der Waals surface area contributed by atoms with E-state index in [9.17, 15) is 0 Å². The summed E-state index contributed by atoms with van der Waals surface area (Å²) in [5.41, 5.74) is 7.22. The van der Waals surface area contributed by atoms with Crippen molar-refractivity contribution in [2.45, 2.75) is 58.6 Å². The van der Waals surface area contributed by atoms with Gasteiger partial charge in [0.2, 0.25) is 0 Å². The van der Waals surface area contributed by atoms with Crippen LogP contribution in [0, 0.1) is 0 Å². The van der Waals surface area contributed by atoms with Crippen LogP contribution in [0.2, 0.25) is 0 Å². The highest BCUT2D eigenvalue weighted by molar-refractivity contribution is 6.17. The Bertz CT molecular complexity index is 661. The van der Waals surface area contributed by atoms with Crippen LogP contribution in [-0.4, -0.2) is 38.6 Å². The second-order valence-corrected chi connectivity index (χ2v) is 6.16. The number of imidazole rings is 1. The molecule has 2 aromatic rings. The monoisotopic (exact) mass is 355 g/mol. The number of methoxy groups -OCH3 is 1. The van der Waals surface area contributed by atoms with Gasteiger partial charge in [-0.25, -0.2) is 0 Å². The summed E-state index contributed by atoms with van der Waals surface area (Å²) in [5, 5.41) is 0. The maximum Gasteiger partial charge on any atom is 0.320 e. The van der Waals surface area contributed by atoms with Gasteiger partial charge in [-0.3, -0.25) is 4.57 Å². The molecule has 0 aromatic carbocycles. The van der Waals surface area contributed by atoms with Gasteiger partial charge in [0.1, 0.15) is 0 Å². The van der Waals surface area contributed by atoms with Gasteiger partial charge < -0.3 is 15.2 Å². The Morgan fingerprint density at radius 3 is 2.67 bits per heavy atom. The van der Waals surface area contributed by atoms with Crippen LogP contribution in [0.25, 0.3) is 11.2 Å². The summed E-state index contributed by atoms with van der Waals surface area (Å²) < 4.78 is 13.1. The van der Waals surface area contributed by atoms with Gasteiger partial charge in [-0.05, 0) is 26.2 Å². The Morgan fingerprint density at radius 1 is 1.21 bits per heavy atom. The third-order valence-corrected chi connectivity index (χ3v) is 4.03. The third kappa shape index (κ3) is 4.41. The Balaban J connectivity index is 2.30. The van der Waals surface area contributed by atoms with Gasteiger partial charge in [0.25, 0.3) is 6.01 Å². The predicted octanol–water partition coefficient (Wildman–Crippen LogP) is 3.39. The van der Waals surface area contributed by atoms with Crippen LogP contribution < -0.4 is 15.2 Å². The minimum Gasteiger partial charge on any atom is -0.468 e. The van der Waals surface area contributed by atoms with E-state index in [-0.39, 0.29) is 12.1 Å². The van der Waals surface area contributed by atoms with Crippen LogP contribution in [0.5, 0.6) is 12.0 Å².